The van der Waals surface area contributed by atoms with Crippen molar-refractivity contribution < 1.29 is 9.53 Å². The molecule has 0 radical (unpaired) electrons. The second-order valence-corrected chi connectivity index (χ2v) is 6.18. The smallest absolute Gasteiger partial charge is 0.240 e. The summed E-state index contributed by atoms with van der Waals surface area (Å²) in [5, 5.41) is 3.27. The van der Waals surface area contributed by atoms with E-state index in [1.54, 1.807) is 0 Å². The Bertz CT molecular complexity index is 304. The quantitative estimate of drug-likeness (QED) is 0.739. The number of amides is 1. The van der Waals surface area contributed by atoms with Crippen LogP contribution >= 0.6 is 11.8 Å². The number of carbonyl (C=O) groups is 1. The Balaban J connectivity index is 1.52. The molecule has 0 aromatic rings. The molecule has 3 heterocycles. The number of ether oxygens (including phenoxy) is 1. The Labute approximate surface area is 112 Å². The van der Waals surface area contributed by atoms with Gasteiger partial charge >= 0.3 is 0 Å². The molecule has 0 aliphatic carbocycles. The SMILES string of the molecule is O=C([C@H]1CSCN1)N1CC[C@H](N2CCOCC2)C1. The highest BCUT2D eigenvalue weighted by Crippen LogP contribution is 2.20. The third-order valence-corrected chi connectivity index (χ3v) is 4.99. The number of morpholine rings is 1. The van der Waals surface area contributed by atoms with E-state index in [0.29, 0.717) is 11.9 Å². The van der Waals surface area contributed by atoms with Crippen molar-refractivity contribution in [1.29, 1.82) is 0 Å². The first kappa shape index (κ1) is 12.7. The average Bonchev–Trinajstić information content (AvgIpc) is 3.10. The summed E-state index contributed by atoms with van der Waals surface area (Å²) >= 11 is 1.81. The number of carbonyl (C=O) groups excluding carboxylic acids is 1. The maximum Gasteiger partial charge on any atom is 0.240 e. The number of rotatable bonds is 2. The Kier molecular flexibility index (Phi) is 4.08. The van der Waals surface area contributed by atoms with Gasteiger partial charge in [0.25, 0.3) is 0 Å². The first-order valence-electron chi connectivity index (χ1n) is 6.76. The zero-order chi connectivity index (χ0) is 12.4. The van der Waals surface area contributed by atoms with Gasteiger partial charge in [0.05, 0.1) is 19.3 Å². The van der Waals surface area contributed by atoms with E-state index in [0.717, 1.165) is 57.4 Å². The minimum Gasteiger partial charge on any atom is -0.379 e. The molecule has 0 bridgehead atoms. The lowest BCUT2D eigenvalue weighted by molar-refractivity contribution is -0.131. The van der Waals surface area contributed by atoms with Gasteiger partial charge in [-0.2, -0.15) is 0 Å². The third-order valence-electron chi connectivity index (χ3n) is 4.05. The van der Waals surface area contributed by atoms with Gasteiger partial charge in [-0.1, -0.05) is 0 Å². The van der Waals surface area contributed by atoms with Gasteiger partial charge in [-0.05, 0) is 6.42 Å². The van der Waals surface area contributed by atoms with E-state index >= 15 is 0 Å². The Morgan fingerprint density at radius 1 is 1.28 bits per heavy atom. The predicted molar refractivity (Wildman–Crippen MR) is 71.6 cm³/mol. The second-order valence-electron chi connectivity index (χ2n) is 5.15. The fourth-order valence-corrected chi connectivity index (χ4v) is 3.89. The Morgan fingerprint density at radius 2 is 2.11 bits per heavy atom. The van der Waals surface area contributed by atoms with Crippen molar-refractivity contribution in [3.8, 4) is 0 Å². The molecule has 0 spiro atoms. The lowest BCUT2D eigenvalue weighted by Gasteiger charge is -2.32. The molecule has 0 aromatic carbocycles. The summed E-state index contributed by atoms with van der Waals surface area (Å²) in [7, 11) is 0. The van der Waals surface area contributed by atoms with Crippen molar-refractivity contribution in [2.75, 3.05) is 51.0 Å². The molecule has 1 amide bonds. The number of hydrogen-bond acceptors (Lipinski definition) is 5. The number of nitrogens with zero attached hydrogens (tertiary/aromatic N) is 2. The summed E-state index contributed by atoms with van der Waals surface area (Å²) in [5.41, 5.74) is 0. The fourth-order valence-electron chi connectivity index (χ4n) is 2.96. The van der Waals surface area contributed by atoms with Crippen LogP contribution in [-0.4, -0.2) is 78.8 Å². The molecule has 3 aliphatic rings. The summed E-state index contributed by atoms with van der Waals surface area (Å²) in [6, 6.07) is 0.602. The Hall–Kier alpha value is -0.300. The van der Waals surface area contributed by atoms with Crippen LogP contribution in [0.4, 0.5) is 0 Å². The largest absolute Gasteiger partial charge is 0.379 e. The van der Waals surface area contributed by atoms with Crippen molar-refractivity contribution in [3.05, 3.63) is 0 Å². The molecule has 6 heteroatoms. The van der Waals surface area contributed by atoms with Crippen molar-refractivity contribution in [2.45, 2.75) is 18.5 Å². The molecule has 1 N–H and O–H groups in total. The van der Waals surface area contributed by atoms with Crippen molar-refractivity contribution in [2.24, 2.45) is 0 Å². The highest BCUT2D eigenvalue weighted by Gasteiger charge is 2.34. The summed E-state index contributed by atoms with van der Waals surface area (Å²) in [4.78, 5) is 16.8. The highest BCUT2D eigenvalue weighted by molar-refractivity contribution is 7.99. The van der Waals surface area contributed by atoms with Gasteiger partial charge in [0.1, 0.15) is 0 Å². The van der Waals surface area contributed by atoms with Gasteiger partial charge < -0.3 is 9.64 Å². The van der Waals surface area contributed by atoms with E-state index in [1.165, 1.54) is 0 Å². The molecule has 5 nitrogen and oxygen atoms in total. The molecule has 3 saturated heterocycles. The standard InChI is InChI=1S/C12H21N3O2S/c16-12(11-8-18-9-13-11)15-2-1-10(7-15)14-3-5-17-6-4-14/h10-11,13H,1-9H2/t10-,11+/m0/s1. The van der Waals surface area contributed by atoms with E-state index in [4.69, 9.17) is 4.74 Å². The van der Waals surface area contributed by atoms with Crippen LogP contribution in [0.3, 0.4) is 0 Å². The maximum absolute atomic E-state index is 12.3. The summed E-state index contributed by atoms with van der Waals surface area (Å²) < 4.78 is 5.38. The zero-order valence-corrected chi connectivity index (χ0v) is 11.5. The minimum absolute atomic E-state index is 0.0541. The monoisotopic (exact) mass is 271 g/mol. The fraction of sp³-hybridized carbons (Fsp3) is 0.917. The van der Waals surface area contributed by atoms with E-state index in [9.17, 15) is 4.79 Å². The molecular weight excluding hydrogens is 250 g/mol. The van der Waals surface area contributed by atoms with Gasteiger partial charge in [-0.25, -0.2) is 0 Å². The van der Waals surface area contributed by atoms with Crippen LogP contribution < -0.4 is 5.32 Å². The van der Waals surface area contributed by atoms with Crippen LogP contribution in [0.2, 0.25) is 0 Å². The molecule has 18 heavy (non-hydrogen) atoms. The molecule has 3 aliphatic heterocycles. The van der Waals surface area contributed by atoms with Crippen LogP contribution in [0.25, 0.3) is 0 Å². The second kappa shape index (κ2) is 5.77. The van der Waals surface area contributed by atoms with Crippen LogP contribution in [0.15, 0.2) is 0 Å². The first-order valence-corrected chi connectivity index (χ1v) is 7.92. The van der Waals surface area contributed by atoms with E-state index in [-0.39, 0.29) is 6.04 Å². The van der Waals surface area contributed by atoms with E-state index in [2.05, 4.69) is 10.2 Å². The molecule has 0 aromatic heterocycles. The van der Waals surface area contributed by atoms with Crippen molar-refractivity contribution in [1.82, 2.24) is 15.1 Å². The number of nitrogens with one attached hydrogen (secondary N) is 1. The van der Waals surface area contributed by atoms with Gasteiger partial charge in [-0.15, -0.1) is 11.8 Å². The van der Waals surface area contributed by atoms with E-state index < -0.39 is 0 Å². The summed E-state index contributed by atoms with van der Waals surface area (Å²) in [6.07, 6.45) is 1.12. The number of hydrogen-bond donors (Lipinski definition) is 1. The number of likely N-dealkylation sites (tertiary alicyclic amines) is 1. The minimum atomic E-state index is 0.0541. The van der Waals surface area contributed by atoms with Crippen LogP contribution in [0, 0.1) is 0 Å². The van der Waals surface area contributed by atoms with Gasteiger partial charge in [-0.3, -0.25) is 15.0 Å². The van der Waals surface area contributed by atoms with Gasteiger partial charge in [0, 0.05) is 43.9 Å². The number of thioether (sulfide) groups is 1. The lowest BCUT2D eigenvalue weighted by atomic mass is 10.2. The maximum atomic E-state index is 12.3. The van der Waals surface area contributed by atoms with Crippen LogP contribution in [0.5, 0.6) is 0 Å². The average molecular weight is 271 g/mol. The molecule has 2 atom stereocenters. The molecular formula is C12H21N3O2S. The van der Waals surface area contributed by atoms with Crippen LogP contribution in [-0.2, 0) is 9.53 Å². The topological polar surface area (TPSA) is 44.8 Å². The lowest BCUT2D eigenvalue weighted by Crippen LogP contribution is -2.47. The molecule has 0 saturated carbocycles. The Morgan fingerprint density at radius 3 is 2.83 bits per heavy atom. The van der Waals surface area contributed by atoms with Crippen molar-refractivity contribution >= 4 is 17.7 Å². The predicted octanol–water partition coefficient (Wildman–Crippen LogP) is -0.418. The third kappa shape index (κ3) is 2.66. The van der Waals surface area contributed by atoms with Crippen LogP contribution in [0.1, 0.15) is 6.42 Å². The van der Waals surface area contributed by atoms with Gasteiger partial charge in [0.2, 0.25) is 5.91 Å². The van der Waals surface area contributed by atoms with Gasteiger partial charge in [0.15, 0.2) is 0 Å². The summed E-state index contributed by atoms with van der Waals surface area (Å²) in [6.45, 7) is 5.54. The summed E-state index contributed by atoms with van der Waals surface area (Å²) in [5.74, 6) is 2.14. The molecule has 3 rings (SSSR count). The van der Waals surface area contributed by atoms with E-state index in [1.807, 2.05) is 16.7 Å². The zero-order valence-electron chi connectivity index (χ0n) is 10.6. The normalized spacial score (nSPS) is 34.1. The molecule has 102 valence electrons. The van der Waals surface area contributed by atoms with Crippen molar-refractivity contribution in [3.63, 3.8) is 0 Å². The highest BCUT2D eigenvalue weighted by atomic mass is 32.2. The molecule has 0 unspecified atom stereocenters. The molecule has 3 fully saturated rings. The first-order chi connectivity index (χ1) is 8.84.